The number of halogens is 1. The zero-order valence-electron chi connectivity index (χ0n) is 10.3. The van der Waals surface area contributed by atoms with Gasteiger partial charge in [0.05, 0.1) is 0 Å². The SMILES string of the molecule is CN1CCN(c2ccc(Cl)cc2/C(N)=N/O)CC1. The van der Waals surface area contributed by atoms with Gasteiger partial charge in [-0.25, -0.2) is 0 Å². The van der Waals surface area contributed by atoms with Crippen LogP contribution < -0.4 is 10.6 Å². The molecule has 0 amide bonds. The highest BCUT2D eigenvalue weighted by Gasteiger charge is 2.18. The van der Waals surface area contributed by atoms with Crippen molar-refractivity contribution >= 4 is 23.1 Å². The molecule has 1 saturated heterocycles. The molecule has 98 valence electrons. The molecular weight excluding hydrogens is 252 g/mol. The number of piperazine rings is 1. The molecule has 2 rings (SSSR count). The summed E-state index contributed by atoms with van der Waals surface area (Å²) in [4.78, 5) is 4.50. The molecule has 0 radical (unpaired) electrons. The standard InChI is InChI=1S/C12H17ClN4O/c1-16-4-6-17(7-5-16)11-3-2-9(13)8-10(11)12(14)15-18/h2-3,8,18H,4-7H2,1H3,(H2,14,15). The van der Waals surface area contributed by atoms with Crippen molar-refractivity contribution in [2.45, 2.75) is 0 Å². The van der Waals surface area contributed by atoms with Crippen LogP contribution in [0.5, 0.6) is 0 Å². The molecule has 1 fully saturated rings. The quantitative estimate of drug-likeness (QED) is 0.366. The second-order valence-electron chi connectivity index (χ2n) is 4.44. The minimum absolute atomic E-state index is 0.0893. The third-order valence-corrected chi connectivity index (χ3v) is 3.42. The third kappa shape index (κ3) is 2.68. The molecule has 0 aliphatic carbocycles. The molecule has 1 aromatic carbocycles. The third-order valence-electron chi connectivity index (χ3n) is 3.19. The summed E-state index contributed by atoms with van der Waals surface area (Å²) in [5.74, 6) is 0.0893. The Morgan fingerprint density at radius 2 is 2.00 bits per heavy atom. The van der Waals surface area contributed by atoms with E-state index in [0.29, 0.717) is 10.6 Å². The molecule has 3 N–H and O–H groups in total. The number of amidine groups is 1. The van der Waals surface area contributed by atoms with Crippen molar-refractivity contribution < 1.29 is 5.21 Å². The van der Waals surface area contributed by atoms with Crippen molar-refractivity contribution in [1.29, 1.82) is 0 Å². The average molecular weight is 269 g/mol. The number of nitrogens with two attached hydrogens (primary N) is 1. The van der Waals surface area contributed by atoms with Crippen LogP contribution in [0, 0.1) is 0 Å². The van der Waals surface area contributed by atoms with Crippen molar-refractivity contribution in [3.63, 3.8) is 0 Å². The first kappa shape index (κ1) is 13.0. The highest BCUT2D eigenvalue weighted by Crippen LogP contribution is 2.25. The van der Waals surface area contributed by atoms with Gasteiger partial charge in [0, 0.05) is 42.5 Å². The number of oxime groups is 1. The first-order chi connectivity index (χ1) is 8.61. The normalized spacial score (nSPS) is 18.1. The van der Waals surface area contributed by atoms with Gasteiger partial charge in [-0.15, -0.1) is 0 Å². The fourth-order valence-electron chi connectivity index (χ4n) is 2.09. The number of benzene rings is 1. The van der Waals surface area contributed by atoms with Crippen LogP contribution >= 0.6 is 11.6 Å². The minimum Gasteiger partial charge on any atom is -0.409 e. The fraction of sp³-hybridized carbons (Fsp3) is 0.417. The number of hydrogen-bond acceptors (Lipinski definition) is 4. The molecule has 0 unspecified atom stereocenters. The Bertz CT molecular complexity index is 455. The molecule has 1 aliphatic heterocycles. The average Bonchev–Trinajstić information content (AvgIpc) is 2.39. The van der Waals surface area contributed by atoms with Gasteiger partial charge in [0.15, 0.2) is 5.84 Å². The molecule has 0 aromatic heterocycles. The van der Waals surface area contributed by atoms with Gasteiger partial charge in [-0.05, 0) is 25.2 Å². The van der Waals surface area contributed by atoms with Gasteiger partial charge < -0.3 is 20.7 Å². The van der Waals surface area contributed by atoms with E-state index in [0.717, 1.165) is 31.9 Å². The van der Waals surface area contributed by atoms with Crippen LogP contribution in [-0.4, -0.2) is 49.2 Å². The first-order valence-corrected chi connectivity index (χ1v) is 6.20. The van der Waals surface area contributed by atoms with E-state index >= 15 is 0 Å². The summed E-state index contributed by atoms with van der Waals surface area (Å²) in [6.45, 7) is 3.84. The Morgan fingerprint density at radius 3 is 2.61 bits per heavy atom. The Hall–Kier alpha value is -1.46. The van der Waals surface area contributed by atoms with Gasteiger partial charge in [-0.2, -0.15) is 0 Å². The largest absolute Gasteiger partial charge is 0.409 e. The summed E-state index contributed by atoms with van der Waals surface area (Å²) in [5, 5.41) is 12.5. The molecular formula is C12H17ClN4O. The van der Waals surface area contributed by atoms with E-state index in [-0.39, 0.29) is 5.84 Å². The van der Waals surface area contributed by atoms with Gasteiger partial charge >= 0.3 is 0 Å². The van der Waals surface area contributed by atoms with E-state index in [1.54, 1.807) is 6.07 Å². The maximum absolute atomic E-state index is 8.84. The lowest BCUT2D eigenvalue weighted by atomic mass is 10.1. The zero-order chi connectivity index (χ0) is 13.1. The molecule has 0 spiro atoms. The van der Waals surface area contributed by atoms with Crippen molar-refractivity contribution in [2.24, 2.45) is 10.9 Å². The summed E-state index contributed by atoms with van der Waals surface area (Å²) >= 11 is 5.96. The van der Waals surface area contributed by atoms with E-state index in [9.17, 15) is 0 Å². The van der Waals surface area contributed by atoms with Gasteiger partial charge in [0.25, 0.3) is 0 Å². The second kappa shape index (κ2) is 5.46. The number of rotatable bonds is 2. The summed E-state index contributed by atoms with van der Waals surface area (Å²) in [7, 11) is 2.10. The van der Waals surface area contributed by atoms with Crippen molar-refractivity contribution in [1.82, 2.24) is 4.90 Å². The molecule has 18 heavy (non-hydrogen) atoms. The fourth-order valence-corrected chi connectivity index (χ4v) is 2.26. The van der Waals surface area contributed by atoms with Crippen molar-refractivity contribution in [2.75, 3.05) is 38.1 Å². The van der Waals surface area contributed by atoms with Crippen LogP contribution in [0.1, 0.15) is 5.56 Å². The van der Waals surface area contributed by atoms with Gasteiger partial charge in [0.1, 0.15) is 0 Å². The monoisotopic (exact) mass is 268 g/mol. The van der Waals surface area contributed by atoms with E-state index in [2.05, 4.69) is 22.0 Å². The number of hydrogen-bond donors (Lipinski definition) is 2. The van der Waals surface area contributed by atoms with Crippen LogP contribution in [0.25, 0.3) is 0 Å². The molecule has 1 heterocycles. The maximum atomic E-state index is 8.84. The molecule has 0 saturated carbocycles. The Labute approximate surface area is 111 Å². The van der Waals surface area contributed by atoms with Gasteiger partial charge in [-0.1, -0.05) is 16.8 Å². The number of likely N-dealkylation sites (N-methyl/N-ethyl adjacent to an activating group) is 1. The lowest BCUT2D eigenvalue weighted by molar-refractivity contribution is 0.312. The van der Waals surface area contributed by atoms with Gasteiger partial charge in [0.2, 0.25) is 0 Å². The van der Waals surface area contributed by atoms with Crippen LogP contribution in [0.2, 0.25) is 5.02 Å². The molecule has 1 aliphatic rings. The molecule has 0 bridgehead atoms. The van der Waals surface area contributed by atoms with Crippen LogP contribution in [-0.2, 0) is 0 Å². The van der Waals surface area contributed by atoms with E-state index in [1.165, 1.54) is 0 Å². The molecule has 5 nitrogen and oxygen atoms in total. The predicted octanol–water partition coefficient (Wildman–Crippen LogP) is 1.19. The van der Waals surface area contributed by atoms with Crippen LogP contribution in [0.4, 0.5) is 5.69 Å². The lowest BCUT2D eigenvalue weighted by Crippen LogP contribution is -2.45. The Balaban J connectivity index is 2.32. The minimum atomic E-state index is 0.0893. The summed E-state index contributed by atoms with van der Waals surface area (Å²) in [6, 6.07) is 5.47. The van der Waals surface area contributed by atoms with Gasteiger partial charge in [-0.3, -0.25) is 0 Å². The van der Waals surface area contributed by atoms with E-state index in [4.69, 9.17) is 22.5 Å². The van der Waals surface area contributed by atoms with E-state index in [1.807, 2.05) is 12.1 Å². The number of nitrogens with zero attached hydrogens (tertiary/aromatic N) is 3. The summed E-state index contributed by atoms with van der Waals surface area (Å²) in [6.07, 6.45) is 0. The molecule has 6 heteroatoms. The van der Waals surface area contributed by atoms with E-state index < -0.39 is 0 Å². The molecule has 0 atom stereocenters. The Morgan fingerprint density at radius 1 is 1.33 bits per heavy atom. The maximum Gasteiger partial charge on any atom is 0.172 e. The highest BCUT2D eigenvalue weighted by molar-refractivity contribution is 6.31. The van der Waals surface area contributed by atoms with Crippen molar-refractivity contribution in [3.8, 4) is 0 Å². The zero-order valence-corrected chi connectivity index (χ0v) is 11.1. The first-order valence-electron chi connectivity index (χ1n) is 5.83. The Kier molecular flexibility index (Phi) is 3.93. The van der Waals surface area contributed by atoms with Crippen LogP contribution in [0.3, 0.4) is 0 Å². The smallest absolute Gasteiger partial charge is 0.172 e. The second-order valence-corrected chi connectivity index (χ2v) is 4.87. The number of anilines is 1. The summed E-state index contributed by atoms with van der Waals surface area (Å²) in [5.41, 5.74) is 7.34. The van der Waals surface area contributed by atoms with Crippen molar-refractivity contribution in [3.05, 3.63) is 28.8 Å². The summed E-state index contributed by atoms with van der Waals surface area (Å²) < 4.78 is 0. The topological polar surface area (TPSA) is 65.1 Å². The lowest BCUT2D eigenvalue weighted by Gasteiger charge is -2.35. The van der Waals surface area contributed by atoms with Crippen LogP contribution in [0.15, 0.2) is 23.4 Å². The molecule has 1 aromatic rings. The highest BCUT2D eigenvalue weighted by atomic mass is 35.5. The predicted molar refractivity (Wildman–Crippen MR) is 73.7 cm³/mol.